The molecule has 0 spiro atoms. The van der Waals surface area contributed by atoms with Gasteiger partial charge in [0.2, 0.25) is 11.8 Å². The van der Waals surface area contributed by atoms with Gasteiger partial charge in [-0.2, -0.15) is 0 Å². The Labute approximate surface area is 164 Å². The Kier molecular flexibility index (Phi) is 4.23. The molecule has 2 heterocycles. The van der Waals surface area contributed by atoms with E-state index in [1.165, 1.54) is 30.4 Å². The minimum atomic E-state index is 0.418. The lowest BCUT2D eigenvalue weighted by molar-refractivity contribution is 0.367. The predicted octanol–water partition coefficient (Wildman–Crippen LogP) is 5.94. The van der Waals surface area contributed by atoms with Crippen molar-refractivity contribution in [3.63, 3.8) is 0 Å². The molecule has 0 saturated heterocycles. The summed E-state index contributed by atoms with van der Waals surface area (Å²) in [6.45, 7) is 4.23. The summed E-state index contributed by atoms with van der Waals surface area (Å²) in [7, 11) is 0. The first-order valence-corrected chi connectivity index (χ1v) is 10.1. The highest BCUT2D eigenvalue weighted by molar-refractivity contribution is 5.84. The lowest BCUT2D eigenvalue weighted by Gasteiger charge is -2.17. The van der Waals surface area contributed by atoms with Gasteiger partial charge in [-0.25, -0.2) is 4.98 Å². The Morgan fingerprint density at radius 1 is 0.964 bits per heavy atom. The first kappa shape index (κ1) is 17.2. The highest BCUT2D eigenvalue weighted by Crippen LogP contribution is 2.34. The van der Waals surface area contributed by atoms with Crippen LogP contribution in [0.2, 0.25) is 0 Å². The van der Waals surface area contributed by atoms with Gasteiger partial charge in [-0.15, -0.1) is 10.2 Å². The van der Waals surface area contributed by atoms with Gasteiger partial charge in [0, 0.05) is 17.0 Å². The van der Waals surface area contributed by atoms with Gasteiger partial charge in [0.25, 0.3) is 0 Å². The molecule has 5 rings (SSSR count). The topological polar surface area (TPSA) is 67.6 Å². The van der Waals surface area contributed by atoms with Crippen LogP contribution in [0.15, 0.2) is 40.8 Å². The van der Waals surface area contributed by atoms with E-state index in [2.05, 4.69) is 53.3 Å². The lowest BCUT2D eigenvalue weighted by Crippen LogP contribution is -2.04. The van der Waals surface area contributed by atoms with Gasteiger partial charge < -0.3 is 9.40 Å². The molecule has 1 aliphatic carbocycles. The zero-order chi connectivity index (χ0) is 19.1. The molecule has 2 aromatic carbocycles. The Balaban J connectivity index is 1.50. The van der Waals surface area contributed by atoms with E-state index in [0.717, 1.165) is 46.7 Å². The standard InChI is InChI=1S/C23H24N4O/c1-14-7-6-8-15(2)20(14)21-24-18-12-11-17(13-19(18)25-21)23-27-26-22(28-23)16-9-4-3-5-10-16/h6-8,11-13,16H,3-5,9-10H2,1-2H3,(H,24,25). The van der Waals surface area contributed by atoms with E-state index in [9.17, 15) is 0 Å². The van der Waals surface area contributed by atoms with E-state index in [1.54, 1.807) is 0 Å². The highest BCUT2D eigenvalue weighted by atomic mass is 16.4. The molecule has 4 aromatic rings. The van der Waals surface area contributed by atoms with Crippen molar-refractivity contribution in [3.05, 3.63) is 53.4 Å². The van der Waals surface area contributed by atoms with E-state index in [4.69, 9.17) is 9.40 Å². The van der Waals surface area contributed by atoms with Crippen molar-refractivity contribution in [2.24, 2.45) is 0 Å². The van der Waals surface area contributed by atoms with Gasteiger partial charge >= 0.3 is 0 Å². The number of hydrogen-bond donors (Lipinski definition) is 1. The highest BCUT2D eigenvalue weighted by Gasteiger charge is 2.22. The molecule has 0 radical (unpaired) electrons. The lowest BCUT2D eigenvalue weighted by atomic mass is 9.89. The number of nitrogens with one attached hydrogen (secondary N) is 1. The Bertz CT molecular complexity index is 1110. The molecule has 1 saturated carbocycles. The largest absolute Gasteiger partial charge is 0.420 e. The van der Waals surface area contributed by atoms with Gasteiger partial charge in [-0.1, -0.05) is 37.5 Å². The number of H-pyrrole nitrogens is 1. The van der Waals surface area contributed by atoms with Gasteiger partial charge in [0.05, 0.1) is 11.0 Å². The van der Waals surface area contributed by atoms with Crippen LogP contribution in [0.4, 0.5) is 0 Å². The fourth-order valence-electron chi connectivity index (χ4n) is 4.31. The van der Waals surface area contributed by atoms with Crippen molar-refractivity contribution in [1.29, 1.82) is 0 Å². The number of nitrogens with zero attached hydrogens (tertiary/aromatic N) is 3. The van der Waals surface area contributed by atoms with E-state index < -0.39 is 0 Å². The molecule has 0 bridgehead atoms. The van der Waals surface area contributed by atoms with Crippen molar-refractivity contribution in [2.75, 3.05) is 0 Å². The fraction of sp³-hybridized carbons (Fsp3) is 0.348. The summed E-state index contributed by atoms with van der Waals surface area (Å²) < 4.78 is 6.03. The van der Waals surface area contributed by atoms with Gasteiger partial charge in [-0.3, -0.25) is 0 Å². The quantitative estimate of drug-likeness (QED) is 0.483. The summed E-state index contributed by atoms with van der Waals surface area (Å²) in [5.74, 6) is 2.69. The Hall–Kier alpha value is -2.95. The minimum Gasteiger partial charge on any atom is -0.420 e. The third-order valence-electron chi connectivity index (χ3n) is 5.84. The number of aromatic amines is 1. The molecule has 142 valence electrons. The maximum atomic E-state index is 6.03. The first-order valence-electron chi connectivity index (χ1n) is 10.1. The molecule has 5 heteroatoms. The molecule has 28 heavy (non-hydrogen) atoms. The summed E-state index contributed by atoms with van der Waals surface area (Å²) in [5.41, 5.74) is 6.44. The molecule has 0 aliphatic heterocycles. The van der Waals surface area contributed by atoms with Gasteiger partial charge in [0.15, 0.2) is 0 Å². The third-order valence-corrected chi connectivity index (χ3v) is 5.84. The number of imidazole rings is 1. The van der Waals surface area contributed by atoms with Crippen LogP contribution < -0.4 is 0 Å². The molecular weight excluding hydrogens is 348 g/mol. The summed E-state index contributed by atoms with van der Waals surface area (Å²) in [6, 6.07) is 12.4. The fourth-order valence-corrected chi connectivity index (χ4v) is 4.31. The molecule has 1 N–H and O–H groups in total. The van der Waals surface area contributed by atoms with Crippen LogP contribution in [0.3, 0.4) is 0 Å². The number of hydrogen-bond acceptors (Lipinski definition) is 4. The smallest absolute Gasteiger partial charge is 0.247 e. The summed E-state index contributed by atoms with van der Waals surface area (Å²) >= 11 is 0. The van der Waals surface area contributed by atoms with Crippen LogP contribution in [0.1, 0.15) is 55.0 Å². The number of aromatic nitrogens is 4. The monoisotopic (exact) mass is 372 g/mol. The van der Waals surface area contributed by atoms with E-state index >= 15 is 0 Å². The zero-order valence-corrected chi connectivity index (χ0v) is 16.3. The molecule has 2 aromatic heterocycles. The van der Waals surface area contributed by atoms with Crippen LogP contribution in [0.25, 0.3) is 33.9 Å². The average Bonchev–Trinajstić information content (AvgIpc) is 3.35. The van der Waals surface area contributed by atoms with Gasteiger partial charge in [0.1, 0.15) is 5.82 Å². The minimum absolute atomic E-state index is 0.418. The van der Waals surface area contributed by atoms with E-state index in [-0.39, 0.29) is 0 Å². The van der Waals surface area contributed by atoms with E-state index in [0.29, 0.717) is 11.8 Å². The maximum Gasteiger partial charge on any atom is 0.247 e. The maximum absolute atomic E-state index is 6.03. The van der Waals surface area contributed by atoms with Gasteiger partial charge in [-0.05, 0) is 56.0 Å². The molecular formula is C23H24N4O. The SMILES string of the molecule is Cc1cccc(C)c1-c1nc2ccc(-c3nnc(C4CCCCC4)o3)cc2[nH]1. The number of benzene rings is 2. The number of aryl methyl sites for hydroxylation is 2. The second kappa shape index (κ2) is 6.89. The summed E-state index contributed by atoms with van der Waals surface area (Å²) in [4.78, 5) is 8.27. The normalized spacial score (nSPS) is 15.4. The number of rotatable bonds is 3. The molecule has 0 atom stereocenters. The van der Waals surface area contributed by atoms with Crippen LogP contribution in [0.5, 0.6) is 0 Å². The molecule has 0 unspecified atom stereocenters. The Morgan fingerprint density at radius 3 is 2.54 bits per heavy atom. The summed E-state index contributed by atoms with van der Waals surface area (Å²) in [6.07, 6.45) is 6.13. The number of fused-ring (bicyclic) bond motifs is 1. The van der Waals surface area contributed by atoms with Crippen molar-refractivity contribution in [1.82, 2.24) is 20.2 Å². The third kappa shape index (κ3) is 3.01. The molecule has 1 aliphatic rings. The average molecular weight is 372 g/mol. The van der Waals surface area contributed by atoms with Crippen molar-refractivity contribution in [3.8, 4) is 22.8 Å². The second-order valence-electron chi connectivity index (χ2n) is 7.86. The van der Waals surface area contributed by atoms with Crippen LogP contribution in [0, 0.1) is 13.8 Å². The zero-order valence-electron chi connectivity index (χ0n) is 16.3. The molecule has 5 nitrogen and oxygen atoms in total. The van der Waals surface area contributed by atoms with Crippen LogP contribution in [-0.2, 0) is 0 Å². The first-order chi connectivity index (χ1) is 13.7. The van der Waals surface area contributed by atoms with Crippen LogP contribution in [-0.4, -0.2) is 20.2 Å². The summed E-state index contributed by atoms with van der Waals surface area (Å²) in [5, 5.41) is 8.64. The second-order valence-corrected chi connectivity index (χ2v) is 7.86. The van der Waals surface area contributed by atoms with Crippen molar-refractivity contribution in [2.45, 2.75) is 51.9 Å². The molecule has 0 amide bonds. The molecule has 1 fully saturated rings. The Morgan fingerprint density at radius 2 is 1.75 bits per heavy atom. The van der Waals surface area contributed by atoms with Crippen molar-refractivity contribution < 1.29 is 4.42 Å². The predicted molar refractivity (Wildman–Crippen MR) is 110 cm³/mol. The van der Waals surface area contributed by atoms with Crippen LogP contribution >= 0.6 is 0 Å². The van der Waals surface area contributed by atoms with E-state index in [1.807, 2.05) is 12.1 Å². The van der Waals surface area contributed by atoms with Crippen molar-refractivity contribution >= 4 is 11.0 Å².